The van der Waals surface area contributed by atoms with Gasteiger partial charge in [-0.2, -0.15) is 0 Å². The minimum Gasteiger partial charge on any atom is -0.508 e. The fraction of sp³-hybridized carbons (Fsp3) is 0.240. The van der Waals surface area contributed by atoms with Crippen LogP contribution in [0.2, 0.25) is 0 Å². The van der Waals surface area contributed by atoms with Crippen LogP contribution in [0.4, 0.5) is 0 Å². The predicted octanol–water partition coefficient (Wildman–Crippen LogP) is 4.57. The van der Waals surface area contributed by atoms with Crippen molar-refractivity contribution < 1.29 is 24.8 Å². The van der Waals surface area contributed by atoms with E-state index in [-0.39, 0.29) is 52.2 Å². The summed E-state index contributed by atoms with van der Waals surface area (Å²) in [5, 5.41) is 41.2. The summed E-state index contributed by atoms with van der Waals surface area (Å²) in [5.74, 6) is -0.482. The topological polar surface area (TPSA) is 111 Å². The van der Waals surface area contributed by atoms with Crippen LogP contribution in [0.1, 0.15) is 31.9 Å². The van der Waals surface area contributed by atoms with Gasteiger partial charge < -0.3 is 24.8 Å². The van der Waals surface area contributed by atoms with Gasteiger partial charge in [0.1, 0.15) is 34.5 Å². The molecule has 1 heterocycles. The minimum absolute atomic E-state index is 0.00833. The zero-order chi connectivity index (χ0) is 22.9. The van der Waals surface area contributed by atoms with Crippen LogP contribution in [0.25, 0.3) is 22.1 Å². The molecule has 0 fully saturated rings. The number of allylic oxidation sites excluding steroid dienone is 2. The quantitative estimate of drug-likeness (QED) is 0.433. The predicted molar refractivity (Wildman–Crippen MR) is 121 cm³/mol. The molecule has 0 radical (unpaired) electrons. The fourth-order valence-corrected chi connectivity index (χ4v) is 3.30. The van der Waals surface area contributed by atoms with Gasteiger partial charge >= 0.3 is 0 Å². The van der Waals surface area contributed by atoms with E-state index < -0.39 is 11.5 Å². The summed E-state index contributed by atoms with van der Waals surface area (Å²) >= 11 is 0. The van der Waals surface area contributed by atoms with Crippen molar-refractivity contribution >= 4 is 11.0 Å². The molecular weight excluding hydrogens is 396 g/mol. The van der Waals surface area contributed by atoms with Crippen molar-refractivity contribution in [2.24, 2.45) is 0 Å². The highest BCUT2D eigenvalue weighted by molar-refractivity contribution is 5.89. The zero-order valence-electron chi connectivity index (χ0n) is 17.8. The molecule has 0 spiro atoms. The highest BCUT2D eigenvalue weighted by atomic mass is 16.3. The van der Waals surface area contributed by atoms with Gasteiger partial charge in [0, 0.05) is 18.1 Å². The number of fused-ring (bicyclic) bond motifs is 1. The third kappa shape index (κ3) is 4.49. The van der Waals surface area contributed by atoms with E-state index in [1.165, 1.54) is 18.4 Å². The average molecular weight is 422 g/mol. The monoisotopic (exact) mass is 422 g/mol. The largest absolute Gasteiger partial charge is 0.508 e. The van der Waals surface area contributed by atoms with E-state index in [0.717, 1.165) is 5.57 Å². The molecule has 2 aromatic carbocycles. The van der Waals surface area contributed by atoms with Gasteiger partial charge in [-0.3, -0.25) is 4.79 Å². The Morgan fingerprint density at radius 3 is 2.48 bits per heavy atom. The summed E-state index contributed by atoms with van der Waals surface area (Å²) in [7, 11) is 0. The van der Waals surface area contributed by atoms with E-state index in [1.54, 1.807) is 19.1 Å². The van der Waals surface area contributed by atoms with Crippen LogP contribution in [-0.4, -0.2) is 26.5 Å². The maximum atomic E-state index is 13.2. The lowest BCUT2D eigenvalue weighted by Gasteiger charge is -2.13. The Morgan fingerprint density at radius 2 is 1.84 bits per heavy atom. The minimum atomic E-state index is -0.834. The Morgan fingerprint density at radius 1 is 1.13 bits per heavy atom. The van der Waals surface area contributed by atoms with Crippen LogP contribution >= 0.6 is 0 Å². The summed E-state index contributed by atoms with van der Waals surface area (Å²) < 4.78 is 5.55. The van der Waals surface area contributed by atoms with Crippen molar-refractivity contribution in [2.75, 3.05) is 0 Å². The maximum Gasteiger partial charge on any atom is 0.204 e. The van der Waals surface area contributed by atoms with Crippen molar-refractivity contribution in [2.45, 2.75) is 39.7 Å². The number of benzene rings is 2. The first-order valence-corrected chi connectivity index (χ1v) is 9.88. The van der Waals surface area contributed by atoms with Gasteiger partial charge in [-0.05, 0) is 50.5 Å². The molecule has 0 amide bonds. The molecule has 0 saturated carbocycles. The molecule has 0 unspecified atom stereocenters. The molecule has 6 nitrogen and oxygen atoms in total. The van der Waals surface area contributed by atoms with Crippen LogP contribution in [-0.2, 0) is 12.8 Å². The van der Waals surface area contributed by atoms with Gasteiger partial charge in [0.15, 0.2) is 0 Å². The summed E-state index contributed by atoms with van der Waals surface area (Å²) in [5.41, 5.74) is 2.52. The summed E-state index contributed by atoms with van der Waals surface area (Å²) in [6.45, 7) is 9.20. The van der Waals surface area contributed by atoms with Crippen LogP contribution in [0.5, 0.6) is 17.2 Å². The van der Waals surface area contributed by atoms with E-state index in [1.807, 2.05) is 19.9 Å². The SMILES string of the molecule is C=C(C)[C@H](O)Cc1cc(-c2coc3cc(O)c(CC=C(C)C)c(O)c3c2=O)ccc1O. The maximum absolute atomic E-state index is 13.2. The molecule has 1 atom stereocenters. The van der Waals surface area contributed by atoms with Gasteiger partial charge in [0.2, 0.25) is 5.43 Å². The lowest BCUT2D eigenvalue weighted by atomic mass is 9.97. The number of aliphatic hydroxyl groups excluding tert-OH is 1. The zero-order valence-corrected chi connectivity index (χ0v) is 17.8. The van der Waals surface area contributed by atoms with Gasteiger partial charge in [0.05, 0.1) is 11.7 Å². The van der Waals surface area contributed by atoms with E-state index in [0.29, 0.717) is 16.7 Å². The van der Waals surface area contributed by atoms with Crippen LogP contribution in [0.15, 0.2) is 63.5 Å². The van der Waals surface area contributed by atoms with E-state index in [4.69, 9.17) is 4.42 Å². The molecule has 6 heteroatoms. The molecule has 0 saturated heterocycles. The molecule has 1 aromatic heterocycles. The molecule has 0 aliphatic carbocycles. The lowest BCUT2D eigenvalue weighted by Crippen LogP contribution is -2.11. The molecular formula is C25H26O6. The number of rotatable bonds is 6. The second-order valence-electron chi connectivity index (χ2n) is 7.97. The highest BCUT2D eigenvalue weighted by Crippen LogP contribution is 2.36. The third-order valence-electron chi connectivity index (χ3n) is 5.21. The van der Waals surface area contributed by atoms with Crippen molar-refractivity contribution in [3.05, 3.63) is 75.7 Å². The lowest BCUT2D eigenvalue weighted by molar-refractivity contribution is 0.210. The number of hydrogen-bond donors (Lipinski definition) is 4. The Labute approximate surface area is 180 Å². The third-order valence-corrected chi connectivity index (χ3v) is 5.21. The number of phenols is 3. The summed E-state index contributed by atoms with van der Waals surface area (Å²) in [4.78, 5) is 13.2. The second kappa shape index (κ2) is 8.70. The van der Waals surface area contributed by atoms with Crippen LogP contribution < -0.4 is 5.43 Å². The molecule has 31 heavy (non-hydrogen) atoms. The molecule has 0 aliphatic rings. The van der Waals surface area contributed by atoms with Crippen molar-refractivity contribution in [3.8, 4) is 28.4 Å². The number of aromatic hydroxyl groups is 3. The Bertz CT molecular complexity index is 1250. The first-order valence-electron chi connectivity index (χ1n) is 9.88. The normalized spacial score (nSPS) is 12.0. The number of phenolic OH excluding ortho intramolecular Hbond substituents is 3. The molecule has 162 valence electrons. The second-order valence-corrected chi connectivity index (χ2v) is 7.97. The van der Waals surface area contributed by atoms with Crippen molar-refractivity contribution in [1.29, 1.82) is 0 Å². The first kappa shape index (κ1) is 22.2. The van der Waals surface area contributed by atoms with Gasteiger partial charge in [-0.25, -0.2) is 0 Å². The number of aliphatic hydroxyl groups is 1. The smallest absolute Gasteiger partial charge is 0.204 e. The first-order chi connectivity index (χ1) is 14.6. The average Bonchev–Trinajstić information content (AvgIpc) is 2.69. The highest BCUT2D eigenvalue weighted by Gasteiger charge is 2.19. The van der Waals surface area contributed by atoms with E-state index in [2.05, 4.69) is 6.58 Å². The molecule has 0 bridgehead atoms. The molecule has 0 aliphatic heterocycles. The van der Waals surface area contributed by atoms with E-state index >= 15 is 0 Å². The van der Waals surface area contributed by atoms with Crippen LogP contribution in [0.3, 0.4) is 0 Å². The van der Waals surface area contributed by atoms with Crippen molar-refractivity contribution in [3.63, 3.8) is 0 Å². The molecule has 4 N–H and O–H groups in total. The Balaban J connectivity index is 2.16. The molecule has 3 aromatic rings. The van der Waals surface area contributed by atoms with Crippen LogP contribution in [0, 0.1) is 0 Å². The fourth-order valence-electron chi connectivity index (χ4n) is 3.30. The standard InChI is InChI=1S/C25H26O6/c1-13(2)5-7-17-21(28)11-22-23(24(17)29)25(30)18(12-31-22)15-6-8-19(26)16(9-15)10-20(27)14(3)4/h5-6,8-9,11-12,20,26-29H,3,7,10H2,1-2,4H3/t20-/m1/s1. The Hall–Kier alpha value is -3.51. The molecule has 3 rings (SSSR count). The summed E-state index contributed by atoms with van der Waals surface area (Å²) in [6.07, 6.45) is 2.66. The van der Waals surface area contributed by atoms with Gasteiger partial charge in [-0.1, -0.05) is 29.9 Å². The Kier molecular flexibility index (Phi) is 6.22. The van der Waals surface area contributed by atoms with Crippen molar-refractivity contribution in [1.82, 2.24) is 0 Å². The van der Waals surface area contributed by atoms with Gasteiger partial charge in [0.25, 0.3) is 0 Å². The number of hydrogen-bond acceptors (Lipinski definition) is 6. The van der Waals surface area contributed by atoms with E-state index in [9.17, 15) is 25.2 Å². The summed E-state index contributed by atoms with van der Waals surface area (Å²) in [6, 6.07) is 5.92. The van der Waals surface area contributed by atoms with Gasteiger partial charge in [-0.15, -0.1) is 0 Å².